The summed E-state index contributed by atoms with van der Waals surface area (Å²) in [5, 5.41) is 10.7. The summed E-state index contributed by atoms with van der Waals surface area (Å²) in [6, 6.07) is 5.67. The number of amides is 1. The number of nitrogens with zero attached hydrogens (tertiary/aromatic N) is 4. The number of thiazole rings is 1. The maximum Gasteiger partial charge on any atom is 0.241 e. The lowest BCUT2D eigenvalue weighted by atomic mass is 10.2. The van der Waals surface area contributed by atoms with Gasteiger partial charge >= 0.3 is 0 Å². The van der Waals surface area contributed by atoms with Crippen LogP contribution in [0.4, 0.5) is 10.9 Å². The third-order valence-corrected chi connectivity index (χ3v) is 4.07. The third-order valence-electron chi connectivity index (χ3n) is 3.19. The van der Waals surface area contributed by atoms with Crippen LogP contribution in [0.15, 0.2) is 36.8 Å². The van der Waals surface area contributed by atoms with E-state index in [-0.39, 0.29) is 12.5 Å². The van der Waals surface area contributed by atoms with Crippen molar-refractivity contribution < 1.29 is 4.79 Å². The average molecular weight is 328 g/mol. The van der Waals surface area contributed by atoms with Crippen molar-refractivity contribution in [2.24, 2.45) is 0 Å². The quantitative estimate of drug-likeness (QED) is 0.750. The molecule has 3 heterocycles. The van der Waals surface area contributed by atoms with Gasteiger partial charge in [0.15, 0.2) is 5.13 Å². The first-order valence-electron chi connectivity index (χ1n) is 7.04. The van der Waals surface area contributed by atoms with Gasteiger partial charge in [0.2, 0.25) is 5.91 Å². The van der Waals surface area contributed by atoms with Crippen molar-refractivity contribution in [2.75, 3.05) is 12.4 Å². The topological polar surface area (TPSA) is 84.7 Å². The number of pyridine rings is 1. The molecule has 0 saturated heterocycles. The van der Waals surface area contributed by atoms with Crippen molar-refractivity contribution in [3.8, 4) is 11.3 Å². The summed E-state index contributed by atoms with van der Waals surface area (Å²) in [4.78, 5) is 21.3. The molecule has 0 unspecified atom stereocenters. The smallest absolute Gasteiger partial charge is 0.241 e. The summed E-state index contributed by atoms with van der Waals surface area (Å²) in [6.07, 6.45) is 5.27. The number of hydrogen-bond acceptors (Lipinski definition) is 6. The van der Waals surface area contributed by atoms with Gasteiger partial charge in [-0.3, -0.25) is 9.48 Å². The second-order valence-corrected chi connectivity index (χ2v) is 6.07. The molecule has 0 saturated carbocycles. The largest absolute Gasteiger partial charge is 0.358 e. The van der Waals surface area contributed by atoms with E-state index in [0.717, 1.165) is 27.1 Å². The molecule has 0 aromatic carbocycles. The van der Waals surface area contributed by atoms with Crippen molar-refractivity contribution in [2.45, 2.75) is 13.5 Å². The Hall–Kier alpha value is -2.74. The molecule has 2 N–H and O–H groups in total. The summed E-state index contributed by atoms with van der Waals surface area (Å²) in [5.74, 6) is 0.662. The van der Waals surface area contributed by atoms with Crippen LogP contribution < -0.4 is 10.6 Å². The third kappa shape index (κ3) is 3.54. The number of likely N-dealkylation sites (N-methyl/N-ethyl adjacent to an activating group) is 1. The fourth-order valence-electron chi connectivity index (χ4n) is 2.06. The van der Waals surface area contributed by atoms with Gasteiger partial charge in [-0.25, -0.2) is 9.97 Å². The number of hydrogen-bond donors (Lipinski definition) is 2. The zero-order valence-corrected chi connectivity index (χ0v) is 13.6. The van der Waals surface area contributed by atoms with E-state index in [9.17, 15) is 4.79 Å². The lowest BCUT2D eigenvalue weighted by Gasteiger charge is -1.99. The van der Waals surface area contributed by atoms with Crippen molar-refractivity contribution in [1.29, 1.82) is 0 Å². The lowest BCUT2D eigenvalue weighted by molar-refractivity contribution is -0.121. The number of aryl methyl sites for hydroxylation is 1. The first-order valence-corrected chi connectivity index (χ1v) is 7.86. The van der Waals surface area contributed by atoms with E-state index in [0.29, 0.717) is 0 Å². The Balaban J connectivity index is 1.79. The molecule has 3 aromatic rings. The summed E-state index contributed by atoms with van der Waals surface area (Å²) in [7, 11) is 1.60. The maximum atomic E-state index is 11.4. The number of nitrogens with one attached hydrogen (secondary N) is 2. The van der Waals surface area contributed by atoms with E-state index >= 15 is 0 Å². The molecule has 0 fully saturated rings. The number of rotatable bonds is 5. The first kappa shape index (κ1) is 15.2. The van der Waals surface area contributed by atoms with Crippen molar-refractivity contribution in [3.05, 3.63) is 41.7 Å². The van der Waals surface area contributed by atoms with E-state index in [1.807, 2.05) is 31.3 Å². The molecule has 0 bridgehead atoms. The molecule has 3 aromatic heterocycles. The number of anilines is 2. The van der Waals surface area contributed by atoms with Gasteiger partial charge in [-0.2, -0.15) is 5.10 Å². The standard InChI is InChI=1S/C15H16N6OS/c1-10-14(11-7-18-21(8-11)9-13(22)16-2)20-15(23-10)19-12-5-3-4-6-17-12/h3-8H,9H2,1-2H3,(H,16,22)(H,17,19,20). The molecule has 0 radical (unpaired) electrons. The Labute approximate surface area is 137 Å². The van der Waals surface area contributed by atoms with Crippen LogP contribution in [0.1, 0.15) is 4.88 Å². The molecule has 3 rings (SSSR count). The molecule has 7 nitrogen and oxygen atoms in total. The van der Waals surface area contributed by atoms with Crippen LogP contribution in [-0.4, -0.2) is 32.7 Å². The Bertz CT molecular complexity index is 810. The summed E-state index contributed by atoms with van der Waals surface area (Å²) < 4.78 is 1.60. The summed E-state index contributed by atoms with van der Waals surface area (Å²) >= 11 is 1.55. The molecule has 0 atom stereocenters. The molecule has 0 spiro atoms. The van der Waals surface area contributed by atoms with E-state index in [1.165, 1.54) is 0 Å². The Morgan fingerprint density at radius 1 is 1.39 bits per heavy atom. The van der Waals surface area contributed by atoms with Gasteiger partial charge in [0.1, 0.15) is 12.4 Å². The minimum atomic E-state index is -0.0906. The zero-order valence-electron chi connectivity index (χ0n) is 12.8. The Morgan fingerprint density at radius 2 is 2.26 bits per heavy atom. The zero-order chi connectivity index (χ0) is 16.2. The molecule has 0 aliphatic carbocycles. The predicted octanol–water partition coefficient (Wildman–Crippen LogP) is 2.20. The lowest BCUT2D eigenvalue weighted by Crippen LogP contribution is -2.23. The van der Waals surface area contributed by atoms with Crippen LogP contribution in [0.2, 0.25) is 0 Å². The highest BCUT2D eigenvalue weighted by Crippen LogP contribution is 2.31. The molecule has 1 amide bonds. The highest BCUT2D eigenvalue weighted by Gasteiger charge is 2.13. The van der Waals surface area contributed by atoms with E-state index in [1.54, 1.807) is 35.5 Å². The molecule has 23 heavy (non-hydrogen) atoms. The predicted molar refractivity (Wildman–Crippen MR) is 89.7 cm³/mol. The minimum absolute atomic E-state index is 0.0906. The van der Waals surface area contributed by atoms with Crippen LogP contribution in [0.5, 0.6) is 0 Å². The van der Waals surface area contributed by atoms with Gasteiger partial charge < -0.3 is 10.6 Å². The molecule has 0 aliphatic rings. The van der Waals surface area contributed by atoms with Crippen molar-refractivity contribution >= 4 is 28.2 Å². The van der Waals surface area contributed by atoms with Crippen LogP contribution in [0.25, 0.3) is 11.3 Å². The number of aromatic nitrogens is 4. The monoisotopic (exact) mass is 328 g/mol. The molecule has 8 heteroatoms. The van der Waals surface area contributed by atoms with Gasteiger partial charge in [0.05, 0.1) is 11.9 Å². The van der Waals surface area contributed by atoms with E-state index in [2.05, 4.69) is 25.7 Å². The Kier molecular flexibility index (Phi) is 4.33. The molecular formula is C15H16N6OS. The van der Waals surface area contributed by atoms with Crippen LogP contribution in [-0.2, 0) is 11.3 Å². The second kappa shape index (κ2) is 6.57. The van der Waals surface area contributed by atoms with Gasteiger partial charge in [0, 0.05) is 29.9 Å². The SMILES string of the molecule is CNC(=O)Cn1cc(-c2nc(Nc3ccccn3)sc2C)cn1. The fourth-order valence-corrected chi connectivity index (χ4v) is 2.91. The molecular weight excluding hydrogens is 312 g/mol. The highest BCUT2D eigenvalue weighted by atomic mass is 32.1. The van der Waals surface area contributed by atoms with E-state index in [4.69, 9.17) is 0 Å². The van der Waals surface area contributed by atoms with Crippen molar-refractivity contribution in [1.82, 2.24) is 25.1 Å². The van der Waals surface area contributed by atoms with Crippen molar-refractivity contribution in [3.63, 3.8) is 0 Å². The summed E-state index contributed by atoms with van der Waals surface area (Å²) in [6.45, 7) is 2.20. The molecule has 0 aliphatic heterocycles. The first-order chi connectivity index (χ1) is 11.2. The highest BCUT2D eigenvalue weighted by molar-refractivity contribution is 7.16. The molecule has 118 valence electrons. The minimum Gasteiger partial charge on any atom is -0.358 e. The van der Waals surface area contributed by atoms with Gasteiger partial charge in [0.25, 0.3) is 0 Å². The number of carbonyl (C=O) groups is 1. The summed E-state index contributed by atoms with van der Waals surface area (Å²) in [5.41, 5.74) is 1.74. The number of carbonyl (C=O) groups excluding carboxylic acids is 1. The van der Waals surface area contributed by atoms with Crippen LogP contribution in [0, 0.1) is 6.92 Å². The van der Waals surface area contributed by atoms with E-state index < -0.39 is 0 Å². The van der Waals surface area contributed by atoms with Gasteiger partial charge in [-0.1, -0.05) is 6.07 Å². The normalized spacial score (nSPS) is 10.5. The van der Waals surface area contributed by atoms with Gasteiger partial charge in [-0.15, -0.1) is 11.3 Å². The van der Waals surface area contributed by atoms with Gasteiger partial charge in [-0.05, 0) is 19.1 Å². The second-order valence-electron chi connectivity index (χ2n) is 4.86. The maximum absolute atomic E-state index is 11.4. The average Bonchev–Trinajstić information content (AvgIpc) is 3.14. The van der Waals surface area contributed by atoms with Crippen LogP contribution in [0.3, 0.4) is 0 Å². The Morgan fingerprint density at radius 3 is 3.00 bits per heavy atom. The van der Waals surface area contributed by atoms with Crippen LogP contribution >= 0.6 is 11.3 Å². The fraction of sp³-hybridized carbons (Fsp3) is 0.200.